The molecular weight excluding hydrogens is 413 g/mol. The van der Waals surface area contributed by atoms with Gasteiger partial charge in [0.25, 0.3) is 0 Å². The molecule has 2 aromatic carbocycles. The second-order valence-electron chi connectivity index (χ2n) is 8.47. The number of hydrogen-bond acceptors (Lipinski definition) is 5. The number of pyridine rings is 1. The Hall–Kier alpha value is -3.55. The zero-order valence-corrected chi connectivity index (χ0v) is 18.9. The van der Waals surface area contributed by atoms with E-state index in [0.29, 0.717) is 40.4 Å². The predicted molar refractivity (Wildman–Crippen MR) is 122 cm³/mol. The summed E-state index contributed by atoms with van der Waals surface area (Å²) in [6, 6.07) is 8.97. The van der Waals surface area contributed by atoms with Gasteiger partial charge in [0.05, 0.1) is 19.7 Å². The second kappa shape index (κ2) is 9.72. The van der Waals surface area contributed by atoms with E-state index in [-0.39, 0.29) is 17.2 Å². The highest BCUT2D eigenvalue weighted by Gasteiger charge is 2.14. The number of ether oxygens (including phenoxy) is 3. The number of urea groups is 1. The zero-order chi connectivity index (χ0) is 23.3. The zero-order valence-electron chi connectivity index (χ0n) is 18.9. The number of halogens is 1. The molecule has 170 valence electrons. The molecule has 0 bridgehead atoms. The van der Waals surface area contributed by atoms with E-state index in [2.05, 4.69) is 36.4 Å². The molecule has 2 amide bonds. The summed E-state index contributed by atoms with van der Waals surface area (Å²) < 4.78 is 31.2. The highest BCUT2D eigenvalue weighted by atomic mass is 19.1. The van der Waals surface area contributed by atoms with Gasteiger partial charge < -0.3 is 24.8 Å². The minimum Gasteiger partial charge on any atom is -0.493 e. The number of benzene rings is 2. The van der Waals surface area contributed by atoms with E-state index in [0.717, 1.165) is 6.42 Å². The van der Waals surface area contributed by atoms with Crippen molar-refractivity contribution in [1.82, 2.24) is 10.3 Å². The van der Waals surface area contributed by atoms with Crippen LogP contribution in [0.25, 0.3) is 10.9 Å². The van der Waals surface area contributed by atoms with Gasteiger partial charge in [0.2, 0.25) is 0 Å². The minimum atomic E-state index is -0.608. The van der Waals surface area contributed by atoms with Crippen LogP contribution in [0.4, 0.5) is 14.9 Å². The van der Waals surface area contributed by atoms with Crippen molar-refractivity contribution in [3.8, 4) is 23.0 Å². The lowest BCUT2D eigenvalue weighted by Crippen LogP contribution is -2.31. The van der Waals surface area contributed by atoms with Crippen LogP contribution < -0.4 is 24.8 Å². The van der Waals surface area contributed by atoms with E-state index in [1.54, 1.807) is 37.6 Å². The number of aromatic nitrogens is 1. The Bertz CT molecular complexity index is 1110. The minimum absolute atomic E-state index is 0.0194. The van der Waals surface area contributed by atoms with Gasteiger partial charge in [-0.1, -0.05) is 20.8 Å². The molecule has 0 saturated carbocycles. The monoisotopic (exact) mass is 441 g/mol. The third-order valence-electron chi connectivity index (χ3n) is 4.78. The summed E-state index contributed by atoms with van der Waals surface area (Å²) in [4.78, 5) is 16.4. The topological polar surface area (TPSA) is 81.7 Å². The van der Waals surface area contributed by atoms with Crippen LogP contribution in [0.2, 0.25) is 0 Å². The maximum Gasteiger partial charge on any atom is 0.319 e. The molecule has 1 heterocycles. The van der Waals surface area contributed by atoms with Crippen molar-refractivity contribution in [2.75, 3.05) is 26.1 Å². The van der Waals surface area contributed by atoms with Gasteiger partial charge in [-0.2, -0.15) is 0 Å². The number of hydrogen-bond donors (Lipinski definition) is 2. The number of rotatable bonds is 7. The van der Waals surface area contributed by atoms with Gasteiger partial charge in [0, 0.05) is 35.9 Å². The van der Waals surface area contributed by atoms with E-state index in [1.807, 2.05) is 0 Å². The summed E-state index contributed by atoms with van der Waals surface area (Å²) >= 11 is 0. The molecule has 0 radical (unpaired) electrons. The van der Waals surface area contributed by atoms with Crippen LogP contribution in [-0.4, -0.2) is 31.8 Å². The molecule has 32 heavy (non-hydrogen) atoms. The Morgan fingerprint density at radius 2 is 1.72 bits per heavy atom. The molecule has 0 fully saturated rings. The Balaban J connectivity index is 1.75. The first-order chi connectivity index (χ1) is 15.2. The Morgan fingerprint density at radius 1 is 1.00 bits per heavy atom. The first-order valence-electron chi connectivity index (χ1n) is 10.2. The smallest absolute Gasteiger partial charge is 0.319 e. The fourth-order valence-corrected chi connectivity index (χ4v) is 3.04. The highest BCUT2D eigenvalue weighted by Crippen LogP contribution is 2.37. The summed E-state index contributed by atoms with van der Waals surface area (Å²) in [5, 5.41) is 6.04. The SMILES string of the molecule is COc1cc2nccc(Oc3ccc(NC(=O)NCCC(C)(C)C)cc3F)c2cc1OC. The Morgan fingerprint density at radius 3 is 2.38 bits per heavy atom. The normalized spacial score (nSPS) is 11.2. The summed E-state index contributed by atoms with van der Waals surface area (Å²) in [7, 11) is 3.07. The quantitative estimate of drug-likeness (QED) is 0.489. The molecule has 0 aliphatic carbocycles. The van der Waals surface area contributed by atoms with Crippen LogP contribution in [0.1, 0.15) is 27.2 Å². The third-order valence-corrected chi connectivity index (χ3v) is 4.78. The van der Waals surface area contributed by atoms with E-state index < -0.39 is 5.82 Å². The molecule has 3 aromatic rings. The molecule has 3 rings (SSSR count). The summed E-state index contributed by atoms with van der Waals surface area (Å²) in [6.45, 7) is 6.82. The second-order valence-corrected chi connectivity index (χ2v) is 8.47. The maximum absolute atomic E-state index is 14.7. The third kappa shape index (κ3) is 5.78. The standard InChI is InChI=1S/C24H28FN3O4/c1-24(2,3)9-11-27-23(29)28-15-6-7-20(17(25)12-15)32-19-8-10-26-18-14-22(31-5)21(30-4)13-16(18)19/h6-8,10,12-14H,9,11H2,1-5H3,(H2,27,28,29). The van der Waals surface area contributed by atoms with Crippen LogP contribution in [0.3, 0.4) is 0 Å². The van der Waals surface area contributed by atoms with Crippen LogP contribution in [0.5, 0.6) is 23.0 Å². The van der Waals surface area contributed by atoms with Gasteiger partial charge in [-0.3, -0.25) is 4.98 Å². The molecule has 2 N–H and O–H groups in total. The van der Waals surface area contributed by atoms with Gasteiger partial charge in [0.15, 0.2) is 23.1 Å². The fraction of sp³-hybridized carbons (Fsp3) is 0.333. The summed E-state index contributed by atoms with van der Waals surface area (Å²) in [6.07, 6.45) is 2.40. The van der Waals surface area contributed by atoms with Crippen LogP contribution >= 0.6 is 0 Å². The molecule has 1 aromatic heterocycles. The van der Waals surface area contributed by atoms with E-state index in [1.165, 1.54) is 19.2 Å². The highest BCUT2D eigenvalue weighted by molar-refractivity contribution is 5.90. The van der Waals surface area contributed by atoms with Crippen molar-refractivity contribution < 1.29 is 23.4 Å². The number of nitrogens with zero attached hydrogens (tertiary/aromatic N) is 1. The predicted octanol–water partition coefficient (Wildman–Crippen LogP) is 5.74. The van der Waals surface area contributed by atoms with Crippen molar-refractivity contribution in [3.05, 3.63) is 48.4 Å². The molecule has 7 nitrogen and oxygen atoms in total. The molecule has 8 heteroatoms. The van der Waals surface area contributed by atoms with E-state index in [4.69, 9.17) is 14.2 Å². The average Bonchev–Trinajstić information content (AvgIpc) is 2.73. The first-order valence-corrected chi connectivity index (χ1v) is 10.2. The number of nitrogens with one attached hydrogen (secondary N) is 2. The molecular formula is C24H28FN3O4. The Labute approximate surface area is 186 Å². The summed E-state index contributed by atoms with van der Waals surface area (Å²) in [5.74, 6) is 0.867. The van der Waals surface area contributed by atoms with Crippen molar-refractivity contribution in [1.29, 1.82) is 0 Å². The molecule has 0 unspecified atom stereocenters. The van der Waals surface area contributed by atoms with E-state index >= 15 is 0 Å². The molecule has 0 aliphatic heterocycles. The number of fused-ring (bicyclic) bond motifs is 1. The molecule has 0 aliphatic rings. The lowest BCUT2D eigenvalue weighted by molar-refractivity contribution is 0.250. The molecule has 0 atom stereocenters. The summed E-state index contributed by atoms with van der Waals surface area (Å²) in [5.41, 5.74) is 1.06. The lowest BCUT2D eigenvalue weighted by atomic mass is 9.92. The maximum atomic E-state index is 14.7. The van der Waals surface area contributed by atoms with Crippen LogP contribution in [0.15, 0.2) is 42.6 Å². The molecule has 0 spiro atoms. The van der Waals surface area contributed by atoms with E-state index in [9.17, 15) is 9.18 Å². The van der Waals surface area contributed by atoms with Crippen LogP contribution in [-0.2, 0) is 0 Å². The van der Waals surface area contributed by atoms with Gasteiger partial charge in [-0.15, -0.1) is 0 Å². The number of carbonyl (C=O) groups excluding carboxylic acids is 1. The fourth-order valence-electron chi connectivity index (χ4n) is 3.04. The number of amides is 2. The largest absolute Gasteiger partial charge is 0.493 e. The van der Waals surface area contributed by atoms with Gasteiger partial charge in [-0.25, -0.2) is 9.18 Å². The molecule has 0 saturated heterocycles. The van der Waals surface area contributed by atoms with Crippen molar-refractivity contribution >= 4 is 22.6 Å². The first kappa shape index (κ1) is 23.1. The number of carbonyl (C=O) groups is 1. The van der Waals surface area contributed by atoms with Crippen molar-refractivity contribution in [3.63, 3.8) is 0 Å². The van der Waals surface area contributed by atoms with Gasteiger partial charge in [-0.05, 0) is 36.1 Å². The number of methoxy groups -OCH3 is 2. The number of anilines is 1. The Kier molecular flexibility index (Phi) is 7.02. The lowest BCUT2D eigenvalue weighted by Gasteiger charge is -2.18. The van der Waals surface area contributed by atoms with Gasteiger partial charge in [0.1, 0.15) is 5.75 Å². The van der Waals surface area contributed by atoms with Crippen molar-refractivity contribution in [2.45, 2.75) is 27.2 Å². The van der Waals surface area contributed by atoms with Crippen molar-refractivity contribution in [2.24, 2.45) is 5.41 Å². The van der Waals surface area contributed by atoms with Crippen LogP contribution in [0, 0.1) is 11.2 Å². The average molecular weight is 442 g/mol. The van der Waals surface area contributed by atoms with Gasteiger partial charge >= 0.3 is 6.03 Å².